The zero-order valence-corrected chi connectivity index (χ0v) is 8.32. The van der Waals surface area contributed by atoms with E-state index in [0.29, 0.717) is 5.92 Å². The predicted octanol–water partition coefficient (Wildman–Crippen LogP) is 1.10. The van der Waals surface area contributed by atoms with Gasteiger partial charge in [-0.15, -0.1) is 12.4 Å². The Morgan fingerprint density at radius 2 is 2.25 bits per heavy atom. The van der Waals surface area contributed by atoms with Crippen molar-refractivity contribution in [1.82, 2.24) is 0 Å². The number of ether oxygens (including phenoxy) is 1. The average Bonchev–Trinajstić information content (AvgIpc) is 2.31. The molecule has 2 atom stereocenters. The van der Waals surface area contributed by atoms with Gasteiger partial charge in [-0.05, 0) is 25.2 Å². The lowest BCUT2D eigenvalue weighted by molar-refractivity contribution is -0.146. The van der Waals surface area contributed by atoms with Crippen LogP contribution in [-0.2, 0) is 9.53 Å². The molecule has 2 unspecified atom stereocenters. The highest BCUT2D eigenvalue weighted by atomic mass is 35.5. The first-order valence-electron chi connectivity index (χ1n) is 3.96. The zero-order chi connectivity index (χ0) is 8.48. The van der Waals surface area contributed by atoms with Crippen LogP contribution in [0.4, 0.5) is 0 Å². The molecule has 0 aliphatic heterocycles. The SMILES string of the molecule is COC(=O)C1(N)CCC(C)C1.Cl. The maximum absolute atomic E-state index is 11.1. The van der Waals surface area contributed by atoms with Gasteiger partial charge < -0.3 is 10.5 Å². The summed E-state index contributed by atoms with van der Waals surface area (Å²) in [5.74, 6) is 0.293. The van der Waals surface area contributed by atoms with Gasteiger partial charge in [0, 0.05) is 0 Å². The van der Waals surface area contributed by atoms with Crippen LogP contribution in [0.5, 0.6) is 0 Å². The molecule has 72 valence electrons. The molecule has 12 heavy (non-hydrogen) atoms. The molecule has 0 radical (unpaired) electrons. The Balaban J connectivity index is 0.00000121. The number of carbonyl (C=O) groups excluding carboxylic acids is 1. The molecule has 1 saturated carbocycles. The lowest BCUT2D eigenvalue weighted by Gasteiger charge is -2.19. The van der Waals surface area contributed by atoms with E-state index >= 15 is 0 Å². The van der Waals surface area contributed by atoms with Crippen LogP contribution in [0.15, 0.2) is 0 Å². The zero-order valence-electron chi connectivity index (χ0n) is 7.50. The highest BCUT2D eigenvalue weighted by Crippen LogP contribution is 2.32. The maximum Gasteiger partial charge on any atom is 0.325 e. The minimum absolute atomic E-state index is 0. The second-order valence-corrected chi connectivity index (χ2v) is 3.50. The second-order valence-electron chi connectivity index (χ2n) is 3.50. The number of hydrogen-bond donors (Lipinski definition) is 1. The van der Waals surface area contributed by atoms with Gasteiger partial charge in [-0.25, -0.2) is 0 Å². The van der Waals surface area contributed by atoms with Crippen LogP contribution in [-0.4, -0.2) is 18.6 Å². The van der Waals surface area contributed by atoms with Crippen molar-refractivity contribution in [2.45, 2.75) is 31.7 Å². The Morgan fingerprint density at radius 3 is 2.58 bits per heavy atom. The molecule has 0 aromatic heterocycles. The van der Waals surface area contributed by atoms with Crippen molar-refractivity contribution in [1.29, 1.82) is 0 Å². The summed E-state index contributed by atoms with van der Waals surface area (Å²) in [5.41, 5.74) is 5.14. The van der Waals surface area contributed by atoms with Crippen LogP contribution >= 0.6 is 12.4 Å². The maximum atomic E-state index is 11.1. The van der Waals surface area contributed by atoms with Gasteiger partial charge in [0.15, 0.2) is 0 Å². The summed E-state index contributed by atoms with van der Waals surface area (Å²) >= 11 is 0. The van der Waals surface area contributed by atoms with Crippen LogP contribution in [0.25, 0.3) is 0 Å². The largest absolute Gasteiger partial charge is 0.468 e. The number of nitrogens with two attached hydrogens (primary N) is 1. The molecule has 0 heterocycles. The molecule has 2 N–H and O–H groups in total. The fourth-order valence-electron chi connectivity index (χ4n) is 1.72. The Kier molecular flexibility index (Phi) is 4.00. The highest BCUT2D eigenvalue weighted by Gasteiger charge is 2.41. The van der Waals surface area contributed by atoms with E-state index < -0.39 is 5.54 Å². The second kappa shape index (κ2) is 4.10. The van der Waals surface area contributed by atoms with Crippen molar-refractivity contribution in [3.63, 3.8) is 0 Å². The minimum Gasteiger partial charge on any atom is -0.468 e. The third kappa shape index (κ3) is 2.11. The van der Waals surface area contributed by atoms with Crippen LogP contribution < -0.4 is 5.73 Å². The van der Waals surface area contributed by atoms with Gasteiger partial charge in [0.1, 0.15) is 5.54 Å². The van der Waals surface area contributed by atoms with Crippen LogP contribution in [0, 0.1) is 5.92 Å². The van der Waals surface area contributed by atoms with Crippen molar-refractivity contribution in [2.75, 3.05) is 7.11 Å². The molecular weight excluding hydrogens is 178 g/mol. The van der Waals surface area contributed by atoms with Gasteiger partial charge in [0.2, 0.25) is 0 Å². The van der Waals surface area contributed by atoms with Gasteiger partial charge >= 0.3 is 5.97 Å². The molecule has 1 rings (SSSR count). The molecule has 0 bridgehead atoms. The quantitative estimate of drug-likeness (QED) is 0.635. The van der Waals surface area contributed by atoms with E-state index in [4.69, 9.17) is 5.73 Å². The number of rotatable bonds is 1. The van der Waals surface area contributed by atoms with Gasteiger partial charge in [-0.2, -0.15) is 0 Å². The van der Waals surface area contributed by atoms with E-state index in [-0.39, 0.29) is 18.4 Å². The number of methoxy groups -OCH3 is 1. The van der Waals surface area contributed by atoms with E-state index in [1.54, 1.807) is 0 Å². The van der Waals surface area contributed by atoms with Crippen LogP contribution in [0.1, 0.15) is 26.2 Å². The topological polar surface area (TPSA) is 52.3 Å². The highest BCUT2D eigenvalue weighted by molar-refractivity contribution is 5.85. The van der Waals surface area contributed by atoms with Gasteiger partial charge in [0.05, 0.1) is 7.11 Å². The summed E-state index contributed by atoms with van der Waals surface area (Å²) in [5, 5.41) is 0. The molecule has 0 amide bonds. The number of carbonyl (C=O) groups is 1. The minimum atomic E-state index is -0.686. The van der Waals surface area contributed by atoms with Crippen molar-refractivity contribution in [3.8, 4) is 0 Å². The number of esters is 1. The monoisotopic (exact) mass is 193 g/mol. The van der Waals surface area contributed by atoms with Crippen molar-refractivity contribution >= 4 is 18.4 Å². The summed E-state index contributed by atoms with van der Waals surface area (Å²) in [6.07, 6.45) is 2.56. The Morgan fingerprint density at radius 1 is 1.67 bits per heavy atom. The van der Waals surface area contributed by atoms with E-state index in [1.165, 1.54) is 7.11 Å². The lowest BCUT2D eigenvalue weighted by atomic mass is 9.98. The molecule has 1 fully saturated rings. The molecule has 0 spiro atoms. The average molecular weight is 194 g/mol. The third-order valence-electron chi connectivity index (χ3n) is 2.39. The lowest BCUT2D eigenvalue weighted by Crippen LogP contribution is -2.46. The van der Waals surface area contributed by atoms with Crippen LogP contribution in [0.3, 0.4) is 0 Å². The molecule has 0 aromatic carbocycles. The first kappa shape index (κ1) is 11.7. The number of hydrogen-bond acceptors (Lipinski definition) is 3. The molecule has 3 nitrogen and oxygen atoms in total. The van der Waals surface area contributed by atoms with E-state index in [0.717, 1.165) is 19.3 Å². The Hall–Kier alpha value is -0.280. The van der Waals surface area contributed by atoms with E-state index in [1.807, 2.05) is 0 Å². The summed E-state index contributed by atoms with van der Waals surface area (Å²) in [7, 11) is 1.39. The molecule has 0 aromatic rings. The fourth-order valence-corrected chi connectivity index (χ4v) is 1.72. The van der Waals surface area contributed by atoms with Crippen molar-refractivity contribution < 1.29 is 9.53 Å². The molecule has 1 aliphatic carbocycles. The normalized spacial score (nSPS) is 34.1. The Bertz CT molecular complexity index is 174. The molecule has 4 heteroatoms. The third-order valence-corrected chi connectivity index (χ3v) is 2.39. The van der Waals surface area contributed by atoms with Gasteiger partial charge in [-0.1, -0.05) is 6.92 Å². The molecular formula is C8H16ClNO2. The Labute approximate surface area is 79.1 Å². The molecule has 1 aliphatic rings. The first-order valence-corrected chi connectivity index (χ1v) is 3.96. The van der Waals surface area contributed by atoms with Crippen LogP contribution in [0.2, 0.25) is 0 Å². The standard InChI is InChI=1S/C8H15NO2.ClH/c1-6-3-4-8(9,5-6)7(10)11-2;/h6H,3-5,9H2,1-2H3;1H. The van der Waals surface area contributed by atoms with Gasteiger partial charge in [-0.3, -0.25) is 4.79 Å². The smallest absolute Gasteiger partial charge is 0.325 e. The van der Waals surface area contributed by atoms with Crippen molar-refractivity contribution in [3.05, 3.63) is 0 Å². The van der Waals surface area contributed by atoms with Gasteiger partial charge in [0.25, 0.3) is 0 Å². The predicted molar refractivity (Wildman–Crippen MR) is 49.2 cm³/mol. The van der Waals surface area contributed by atoms with E-state index in [2.05, 4.69) is 11.7 Å². The summed E-state index contributed by atoms with van der Waals surface area (Å²) in [4.78, 5) is 11.1. The van der Waals surface area contributed by atoms with E-state index in [9.17, 15) is 4.79 Å². The first-order chi connectivity index (χ1) is 5.08. The fraction of sp³-hybridized carbons (Fsp3) is 0.875. The summed E-state index contributed by atoms with van der Waals surface area (Å²) < 4.78 is 4.62. The number of halogens is 1. The van der Waals surface area contributed by atoms with Crippen molar-refractivity contribution in [2.24, 2.45) is 11.7 Å². The molecule has 0 saturated heterocycles. The summed E-state index contributed by atoms with van der Waals surface area (Å²) in [6, 6.07) is 0. The summed E-state index contributed by atoms with van der Waals surface area (Å²) in [6.45, 7) is 2.11.